The third-order valence-electron chi connectivity index (χ3n) is 1.41. The van der Waals surface area contributed by atoms with Crippen LogP contribution in [0.1, 0.15) is 20.8 Å². The third kappa shape index (κ3) is 3.75. The van der Waals surface area contributed by atoms with Crippen molar-refractivity contribution in [2.75, 3.05) is 13.2 Å². The molecule has 0 aromatic heterocycles. The Kier molecular flexibility index (Phi) is 5.76. The molecule has 13 heavy (non-hydrogen) atoms. The number of hydrogen-bond donors (Lipinski definition) is 2. The number of aliphatic hydroxyl groups excluding tert-OH is 1. The van der Waals surface area contributed by atoms with Gasteiger partial charge in [-0.15, -0.1) is 0 Å². The lowest BCUT2D eigenvalue weighted by Gasteiger charge is -2.24. The smallest absolute Gasteiger partial charge is 0.360 e. The molecule has 2 atom stereocenters. The van der Waals surface area contributed by atoms with Gasteiger partial charge >= 0.3 is 7.60 Å². The van der Waals surface area contributed by atoms with E-state index in [1.807, 2.05) is 0 Å². The SMILES string of the molecule is CCOP(=O)(OCC)[C@H](O)[C@@H](C)N. The summed E-state index contributed by atoms with van der Waals surface area (Å²) >= 11 is 0. The normalized spacial score (nSPS) is 17.0. The summed E-state index contributed by atoms with van der Waals surface area (Å²) < 4.78 is 21.6. The van der Waals surface area contributed by atoms with Crippen LogP contribution in [0.15, 0.2) is 0 Å². The second-order valence-electron chi connectivity index (χ2n) is 2.65. The molecule has 0 spiro atoms. The van der Waals surface area contributed by atoms with Crippen molar-refractivity contribution in [3.8, 4) is 0 Å². The standard InChI is InChI=1S/C7H18NO4P/c1-4-11-13(10,12-5-2)7(9)6(3)8/h6-7,9H,4-5,8H2,1-3H3/t6-,7+/m1/s1. The Morgan fingerprint density at radius 2 is 1.77 bits per heavy atom. The Balaban J connectivity index is 4.47. The highest BCUT2D eigenvalue weighted by Crippen LogP contribution is 2.52. The van der Waals surface area contributed by atoms with Gasteiger partial charge in [0.05, 0.1) is 13.2 Å². The second-order valence-corrected chi connectivity index (χ2v) is 4.77. The summed E-state index contributed by atoms with van der Waals surface area (Å²) in [4.78, 5) is 0. The van der Waals surface area contributed by atoms with Crippen LogP contribution in [0.25, 0.3) is 0 Å². The van der Waals surface area contributed by atoms with Crippen LogP contribution in [0.4, 0.5) is 0 Å². The molecule has 0 heterocycles. The van der Waals surface area contributed by atoms with E-state index in [1.165, 1.54) is 0 Å². The Morgan fingerprint density at radius 1 is 1.38 bits per heavy atom. The molecule has 0 bridgehead atoms. The van der Waals surface area contributed by atoms with Crippen LogP contribution < -0.4 is 5.73 Å². The lowest BCUT2D eigenvalue weighted by atomic mass is 10.4. The molecule has 0 rings (SSSR count). The van der Waals surface area contributed by atoms with Gasteiger partial charge in [0.15, 0.2) is 5.85 Å². The van der Waals surface area contributed by atoms with Crippen molar-refractivity contribution in [1.82, 2.24) is 0 Å². The molecule has 80 valence electrons. The first kappa shape index (κ1) is 13.1. The lowest BCUT2D eigenvalue weighted by molar-refractivity contribution is 0.137. The molecule has 0 saturated heterocycles. The molecule has 0 aromatic rings. The fraction of sp³-hybridized carbons (Fsp3) is 1.00. The second kappa shape index (κ2) is 5.73. The largest absolute Gasteiger partial charge is 0.379 e. The van der Waals surface area contributed by atoms with E-state index >= 15 is 0 Å². The average molecular weight is 211 g/mol. The van der Waals surface area contributed by atoms with Crippen molar-refractivity contribution in [1.29, 1.82) is 0 Å². The molecule has 5 nitrogen and oxygen atoms in total. The number of nitrogens with two attached hydrogens (primary N) is 1. The Hall–Kier alpha value is 0.0700. The zero-order valence-corrected chi connectivity index (χ0v) is 9.16. The van der Waals surface area contributed by atoms with E-state index in [1.54, 1.807) is 20.8 Å². The predicted molar refractivity (Wildman–Crippen MR) is 50.5 cm³/mol. The Bertz CT molecular complexity index is 175. The Labute approximate surface area is 78.8 Å². The minimum atomic E-state index is -3.44. The van der Waals surface area contributed by atoms with Gasteiger partial charge in [-0.1, -0.05) is 0 Å². The van der Waals surface area contributed by atoms with Gasteiger partial charge in [0.25, 0.3) is 0 Å². The fourth-order valence-electron chi connectivity index (χ4n) is 0.838. The molecule has 0 saturated carbocycles. The van der Waals surface area contributed by atoms with Crippen LogP contribution in [-0.2, 0) is 13.6 Å². The Morgan fingerprint density at radius 3 is 2.00 bits per heavy atom. The van der Waals surface area contributed by atoms with Gasteiger partial charge in [-0.25, -0.2) is 0 Å². The van der Waals surface area contributed by atoms with Crippen molar-refractivity contribution in [3.63, 3.8) is 0 Å². The average Bonchev–Trinajstić information content (AvgIpc) is 2.03. The maximum atomic E-state index is 11.8. The molecule has 0 aliphatic rings. The lowest BCUT2D eigenvalue weighted by Crippen LogP contribution is -2.32. The molecule has 0 fully saturated rings. The topological polar surface area (TPSA) is 81.8 Å². The molecule has 0 unspecified atom stereocenters. The van der Waals surface area contributed by atoms with Gasteiger partial charge in [-0.2, -0.15) is 0 Å². The van der Waals surface area contributed by atoms with Crippen molar-refractivity contribution in [3.05, 3.63) is 0 Å². The highest BCUT2D eigenvalue weighted by Gasteiger charge is 2.36. The van der Waals surface area contributed by atoms with E-state index in [-0.39, 0.29) is 13.2 Å². The minimum absolute atomic E-state index is 0.223. The molecule has 0 aliphatic carbocycles. The van der Waals surface area contributed by atoms with E-state index in [2.05, 4.69) is 0 Å². The van der Waals surface area contributed by atoms with Gasteiger partial charge in [0.1, 0.15) is 0 Å². The van der Waals surface area contributed by atoms with Gasteiger partial charge < -0.3 is 19.9 Å². The first-order valence-corrected chi connectivity index (χ1v) is 5.91. The van der Waals surface area contributed by atoms with Gasteiger partial charge in [-0.05, 0) is 20.8 Å². The van der Waals surface area contributed by atoms with Crippen molar-refractivity contribution < 1.29 is 18.7 Å². The van der Waals surface area contributed by atoms with Crippen molar-refractivity contribution >= 4 is 7.60 Å². The van der Waals surface area contributed by atoms with Crippen molar-refractivity contribution in [2.24, 2.45) is 5.73 Å². The van der Waals surface area contributed by atoms with E-state index in [4.69, 9.17) is 14.8 Å². The summed E-state index contributed by atoms with van der Waals surface area (Å²) in [6.45, 7) is 5.36. The van der Waals surface area contributed by atoms with E-state index < -0.39 is 19.5 Å². The molecular formula is C7H18NO4P. The summed E-state index contributed by atoms with van der Waals surface area (Å²) in [6.07, 6.45) is 0. The zero-order chi connectivity index (χ0) is 10.5. The van der Waals surface area contributed by atoms with Crippen LogP contribution in [-0.4, -0.2) is 30.2 Å². The minimum Gasteiger partial charge on any atom is -0.379 e. The summed E-state index contributed by atoms with van der Waals surface area (Å²) in [5.41, 5.74) is 5.40. The van der Waals surface area contributed by atoms with Crippen LogP contribution in [0.2, 0.25) is 0 Å². The fourth-order valence-corrected chi connectivity index (χ4v) is 2.51. The summed E-state index contributed by atoms with van der Waals surface area (Å²) in [5, 5.41) is 9.47. The summed E-state index contributed by atoms with van der Waals surface area (Å²) in [5.74, 6) is -1.26. The van der Waals surface area contributed by atoms with Crippen LogP contribution >= 0.6 is 7.60 Å². The summed E-state index contributed by atoms with van der Waals surface area (Å²) in [6, 6.07) is -0.635. The quantitative estimate of drug-likeness (QED) is 0.638. The van der Waals surface area contributed by atoms with Crippen LogP contribution in [0.3, 0.4) is 0 Å². The molecule has 0 aromatic carbocycles. The van der Waals surface area contributed by atoms with E-state index in [9.17, 15) is 9.67 Å². The number of rotatable bonds is 6. The maximum Gasteiger partial charge on any atom is 0.360 e. The predicted octanol–water partition coefficient (Wildman–Crippen LogP) is 0.918. The molecule has 0 amide bonds. The number of hydrogen-bond acceptors (Lipinski definition) is 5. The maximum absolute atomic E-state index is 11.8. The van der Waals surface area contributed by atoms with Gasteiger partial charge in [-0.3, -0.25) is 4.57 Å². The third-order valence-corrected chi connectivity index (χ3v) is 3.77. The first-order valence-electron chi connectivity index (χ1n) is 4.30. The molecular weight excluding hydrogens is 193 g/mol. The highest BCUT2D eigenvalue weighted by molar-refractivity contribution is 7.54. The zero-order valence-electron chi connectivity index (χ0n) is 8.27. The van der Waals surface area contributed by atoms with E-state index in [0.717, 1.165) is 0 Å². The van der Waals surface area contributed by atoms with Crippen LogP contribution in [0, 0.1) is 0 Å². The number of aliphatic hydroxyl groups is 1. The molecule has 6 heteroatoms. The van der Waals surface area contributed by atoms with Crippen LogP contribution in [0.5, 0.6) is 0 Å². The summed E-state index contributed by atoms with van der Waals surface area (Å²) in [7, 11) is -3.44. The van der Waals surface area contributed by atoms with Gasteiger partial charge in [0, 0.05) is 6.04 Å². The molecule has 3 N–H and O–H groups in total. The van der Waals surface area contributed by atoms with Crippen molar-refractivity contribution in [2.45, 2.75) is 32.7 Å². The highest BCUT2D eigenvalue weighted by atomic mass is 31.2. The molecule has 0 aliphatic heterocycles. The monoisotopic (exact) mass is 211 g/mol. The van der Waals surface area contributed by atoms with Gasteiger partial charge in [0.2, 0.25) is 0 Å². The molecule has 0 radical (unpaired) electrons. The van der Waals surface area contributed by atoms with E-state index in [0.29, 0.717) is 0 Å². The first-order chi connectivity index (χ1) is 5.98.